The van der Waals surface area contributed by atoms with Gasteiger partial charge >= 0.3 is 6.09 Å². The number of halogens is 1. The van der Waals surface area contributed by atoms with Gasteiger partial charge in [0.1, 0.15) is 6.54 Å². The van der Waals surface area contributed by atoms with Crippen molar-refractivity contribution in [2.45, 2.75) is 45.1 Å². The number of carbonyl (C=O) groups is 1. The number of anilines is 1. The number of hydrogen-bond acceptors (Lipinski definition) is 2. The van der Waals surface area contributed by atoms with Crippen molar-refractivity contribution in [2.24, 2.45) is 5.92 Å². The Kier molecular flexibility index (Phi) is 8.56. The molecule has 0 aromatic heterocycles. The summed E-state index contributed by atoms with van der Waals surface area (Å²) in [5.74, 6) is 0.523. The number of quaternary nitrogens is 1. The fraction of sp³-hybridized carbons (Fsp3) is 0.500. The first-order valence-corrected chi connectivity index (χ1v) is 11.6. The first kappa shape index (κ1) is 23.8. The van der Waals surface area contributed by atoms with E-state index in [2.05, 4.69) is 37.3 Å². The molecule has 0 spiro atoms. The maximum absolute atomic E-state index is 13.2. The normalized spacial score (nSPS) is 24.3. The lowest BCUT2D eigenvalue weighted by molar-refractivity contribution is -0.945. The third-order valence-electron chi connectivity index (χ3n) is 7.03. The molecule has 0 unspecified atom stereocenters. The van der Waals surface area contributed by atoms with Gasteiger partial charge < -0.3 is 26.2 Å². The third kappa shape index (κ3) is 5.89. The molecule has 168 valence electrons. The van der Waals surface area contributed by atoms with Crippen LogP contribution in [0, 0.1) is 5.92 Å². The lowest BCUT2D eigenvalue weighted by Gasteiger charge is -2.52. The first-order valence-electron chi connectivity index (χ1n) is 11.6. The van der Waals surface area contributed by atoms with Crippen LogP contribution in [0.5, 0.6) is 0 Å². The Balaban J connectivity index is 0.00000272. The molecule has 1 amide bonds. The molecule has 2 bridgehead atoms. The molecule has 0 aliphatic carbocycles. The number of amides is 1. The summed E-state index contributed by atoms with van der Waals surface area (Å²) in [7, 11) is 0. The van der Waals surface area contributed by atoms with Crippen LogP contribution < -0.4 is 21.9 Å². The van der Waals surface area contributed by atoms with Crippen LogP contribution >= 0.6 is 0 Å². The van der Waals surface area contributed by atoms with Crippen LogP contribution in [0.2, 0.25) is 0 Å². The molecule has 5 heteroatoms. The molecule has 0 radical (unpaired) electrons. The quantitative estimate of drug-likeness (QED) is 0.535. The van der Waals surface area contributed by atoms with E-state index in [4.69, 9.17) is 4.74 Å². The second-order valence-electron chi connectivity index (χ2n) is 9.03. The van der Waals surface area contributed by atoms with Crippen molar-refractivity contribution in [3.05, 3.63) is 66.2 Å². The van der Waals surface area contributed by atoms with Crippen LogP contribution in [0.1, 0.15) is 38.2 Å². The van der Waals surface area contributed by atoms with Gasteiger partial charge in [-0.1, -0.05) is 61.9 Å². The summed E-state index contributed by atoms with van der Waals surface area (Å²) in [6.45, 7) is 7.43. The summed E-state index contributed by atoms with van der Waals surface area (Å²) in [4.78, 5) is 15.0. The molecule has 0 saturated carbocycles. The van der Waals surface area contributed by atoms with Gasteiger partial charge in [0.25, 0.3) is 0 Å². The molecular weight excluding hydrogens is 452 g/mol. The largest absolute Gasteiger partial charge is 1.00 e. The van der Waals surface area contributed by atoms with E-state index in [1.165, 1.54) is 31.5 Å². The molecular formula is C26H35BrN2O2. The zero-order valence-electron chi connectivity index (χ0n) is 18.6. The number of carbonyl (C=O) groups excluding carboxylic acids is 1. The minimum Gasteiger partial charge on any atom is -1.00 e. The predicted octanol–water partition coefficient (Wildman–Crippen LogP) is 2.29. The van der Waals surface area contributed by atoms with Gasteiger partial charge in [-0.15, -0.1) is 0 Å². The molecule has 4 nitrogen and oxygen atoms in total. The summed E-state index contributed by atoms with van der Waals surface area (Å²) in [5, 5.41) is 0. The van der Waals surface area contributed by atoms with E-state index in [-0.39, 0.29) is 29.2 Å². The highest BCUT2D eigenvalue weighted by molar-refractivity contribution is 5.87. The fourth-order valence-corrected chi connectivity index (χ4v) is 5.12. The van der Waals surface area contributed by atoms with Crippen LogP contribution in [0.25, 0.3) is 0 Å². The Bertz CT molecular complexity index is 807. The molecule has 3 aliphatic heterocycles. The Morgan fingerprint density at radius 2 is 1.68 bits per heavy atom. The number of hydrogen-bond donors (Lipinski definition) is 0. The predicted molar refractivity (Wildman–Crippen MR) is 122 cm³/mol. The lowest BCUT2D eigenvalue weighted by atomic mass is 9.83. The maximum Gasteiger partial charge on any atom is 0.414 e. The topological polar surface area (TPSA) is 29.5 Å². The number of rotatable bonds is 8. The van der Waals surface area contributed by atoms with Crippen molar-refractivity contribution in [2.75, 3.05) is 37.6 Å². The number of ether oxygens (including phenoxy) is 1. The molecule has 3 saturated heterocycles. The van der Waals surface area contributed by atoms with Gasteiger partial charge in [0.05, 0.1) is 19.6 Å². The molecule has 5 rings (SSSR count). The Hall–Kier alpha value is -1.85. The van der Waals surface area contributed by atoms with E-state index < -0.39 is 0 Å². The van der Waals surface area contributed by atoms with Gasteiger partial charge in [0.15, 0.2) is 6.10 Å². The molecule has 3 heterocycles. The molecule has 0 N–H and O–H groups in total. The number of para-hydroxylation sites is 1. The number of nitrogens with zero attached hydrogens (tertiary/aromatic N) is 2. The highest BCUT2D eigenvalue weighted by Gasteiger charge is 2.47. The van der Waals surface area contributed by atoms with Crippen LogP contribution in [0.15, 0.2) is 60.7 Å². The van der Waals surface area contributed by atoms with E-state index >= 15 is 0 Å². The van der Waals surface area contributed by atoms with Crippen molar-refractivity contribution in [1.82, 2.24) is 0 Å². The smallest absolute Gasteiger partial charge is 0.414 e. The van der Waals surface area contributed by atoms with Crippen LogP contribution in [0.3, 0.4) is 0 Å². The monoisotopic (exact) mass is 486 g/mol. The third-order valence-corrected chi connectivity index (χ3v) is 7.03. The van der Waals surface area contributed by atoms with Crippen molar-refractivity contribution in [1.29, 1.82) is 0 Å². The van der Waals surface area contributed by atoms with Gasteiger partial charge in [-0.05, 0) is 24.1 Å². The fourth-order valence-electron chi connectivity index (χ4n) is 5.12. The highest BCUT2D eigenvalue weighted by Crippen LogP contribution is 2.36. The van der Waals surface area contributed by atoms with E-state index in [1.807, 2.05) is 35.2 Å². The average molecular weight is 487 g/mol. The zero-order chi connectivity index (χ0) is 20.8. The second-order valence-corrected chi connectivity index (χ2v) is 9.03. The highest BCUT2D eigenvalue weighted by atomic mass is 79.9. The lowest BCUT2D eigenvalue weighted by Crippen LogP contribution is -3.00. The zero-order valence-corrected chi connectivity index (χ0v) is 20.2. The van der Waals surface area contributed by atoms with Gasteiger partial charge in [-0.2, -0.15) is 0 Å². The second kappa shape index (κ2) is 11.1. The number of piperidine rings is 3. The minimum absolute atomic E-state index is 0. The van der Waals surface area contributed by atoms with Crippen LogP contribution in [-0.4, -0.2) is 49.4 Å². The van der Waals surface area contributed by atoms with Crippen molar-refractivity contribution < 1.29 is 31.0 Å². The Morgan fingerprint density at radius 3 is 2.32 bits per heavy atom. The van der Waals surface area contributed by atoms with Crippen molar-refractivity contribution in [3.8, 4) is 0 Å². The summed E-state index contributed by atoms with van der Waals surface area (Å²) in [5.41, 5.74) is 2.34. The first-order chi connectivity index (χ1) is 14.7. The van der Waals surface area contributed by atoms with E-state index in [1.54, 1.807) is 0 Å². The van der Waals surface area contributed by atoms with E-state index in [9.17, 15) is 4.79 Å². The molecule has 31 heavy (non-hydrogen) atoms. The van der Waals surface area contributed by atoms with E-state index in [0.29, 0.717) is 12.5 Å². The molecule has 3 aliphatic rings. The minimum atomic E-state index is -0.172. The van der Waals surface area contributed by atoms with Gasteiger partial charge in [0, 0.05) is 37.4 Å². The Morgan fingerprint density at radius 1 is 1.03 bits per heavy atom. The number of benzene rings is 2. The molecule has 3 fully saturated rings. The van der Waals surface area contributed by atoms with Crippen LogP contribution in [-0.2, 0) is 11.2 Å². The number of fused-ring (bicyclic) bond motifs is 3. The number of unbranched alkanes of at least 4 members (excludes halogenated alkanes) is 1. The van der Waals surface area contributed by atoms with Crippen molar-refractivity contribution in [3.63, 3.8) is 0 Å². The molecule has 2 aromatic carbocycles. The van der Waals surface area contributed by atoms with Gasteiger partial charge in [0.2, 0.25) is 0 Å². The summed E-state index contributed by atoms with van der Waals surface area (Å²) >= 11 is 0. The summed E-state index contributed by atoms with van der Waals surface area (Å²) in [6.07, 6.45) is 5.36. The summed E-state index contributed by atoms with van der Waals surface area (Å²) < 4.78 is 7.29. The average Bonchev–Trinajstić information content (AvgIpc) is 2.80. The molecule has 1 atom stereocenters. The van der Waals surface area contributed by atoms with Gasteiger partial charge in [-0.25, -0.2) is 4.79 Å². The summed E-state index contributed by atoms with van der Waals surface area (Å²) in [6, 6.07) is 20.7. The van der Waals surface area contributed by atoms with E-state index in [0.717, 1.165) is 42.5 Å². The maximum atomic E-state index is 13.2. The van der Waals surface area contributed by atoms with Crippen molar-refractivity contribution >= 4 is 11.8 Å². The molecule has 2 aromatic rings. The van der Waals surface area contributed by atoms with Crippen LogP contribution in [0.4, 0.5) is 10.5 Å². The van der Waals surface area contributed by atoms with Gasteiger partial charge in [-0.3, -0.25) is 4.90 Å². The SMILES string of the molecule is CCCCN(C(=O)O[C@H]1C[N+]2(CCc3ccccc3)CCC1CC2)c1ccccc1.[Br-]. The standard InChI is InChI=1S/C26H35N2O2.BrH/c1-2-3-17-27(24-12-8-5-9-13-24)26(29)30-25-21-28(19-15-23(25)16-20-28)18-14-22-10-6-4-7-11-22;/h4-13,23,25H,2-3,14-21H2,1H3;1H/q+1;/p-1/t23?,25-,28?;/m0./s1. The Labute approximate surface area is 197 Å².